The number of benzene rings is 1. The zero-order chi connectivity index (χ0) is 13.9. The highest BCUT2D eigenvalue weighted by atomic mass is 16.3. The second-order valence-corrected chi connectivity index (χ2v) is 4.30. The van der Waals surface area contributed by atoms with Crippen LogP contribution >= 0.6 is 0 Å². The van der Waals surface area contributed by atoms with Crippen molar-refractivity contribution in [2.24, 2.45) is 5.73 Å². The SMILES string of the molecule is C/C=C\C/C=C/c1ccc(N(CCN)CCO)cc1. The Labute approximate surface area is 116 Å². The molecule has 1 aromatic carbocycles. The predicted octanol–water partition coefficient (Wildman–Crippen LogP) is 2.42. The normalized spacial score (nSPS) is 11.5. The average molecular weight is 260 g/mol. The lowest BCUT2D eigenvalue weighted by atomic mass is 10.1. The Morgan fingerprint density at radius 1 is 1.16 bits per heavy atom. The Hall–Kier alpha value is -1.58. The molecule has 0 atom stereocenters. The standard InChI is InChI=1S/C16H24N2O/c1-2-3-4-5-6-15-7-9-16(10-8-15)18(12-11-17)13-14-19/h2-3,5-10,19H,4,11-14,17H2,1H3/b3-2-,6-5+. The van der Waals surface area contributed by atoms with Crippen LogP contribution in [0.2, 0.25) is 0 Å². The first kappa shape index (κ1) is 15.5. The minimum Gasteiger partial charge on any atom is -0.395 e. The van der Waals surface area contributed by atoms with Gasteiger partial charge in [0.25, 0.3) is 0 Å². The molecule has 3 nitrogen and oxygen atoms in total. The van der Waals surface area contributed by atoms with Crippen LogP contribution in [0.15, 0.2) is 42.5 Å². The van der Waals surface area contributed by atoms with Crippen molar-refractivity contribution in [2.45, 2.75) is 13.3 Å². The Kier molecular flexibility index (Phi) is 7.63. The molecule has 19 heavy (non-hydrogen) atoms. The van der Waals surface area contributed by atoms with E-state index < -0.39 is 0 Å². The lowest BCUT2D eigenvalue weighted by molar-refractivity contribution is 0.302. The van der Waals surface area contributed by atoms with Gasteiger partial charge >= 0.3 is 0 Å². The molecular formula is C16H24N2O. The van der Waals surface area contributed by atoms with Crippen LogP contribution in [0.5, 0.6) is 0 Å². The highest BCUT2D eigenvalue weighted by Gasteiger charge is 2.03. The fraction of sp³-hybridized carbons (Fsp3) is 0.375. The van der Waals surface area contributed by atoms with Gasteiger partial charge in [-0.15, -0.1) is 0 Å². The first-order valence-electron chi connectivity index (χ1n) is 6.75. The maximum atomic E-state index is 9.05. The van der Waals surface area contributed by atoms with Crippen molar-refractivity contribution in [2.75, 3.05) is 31.1 Å². The fourth-order valence-electron chi connectivity index (χ4n) is 1.86. The molecule has 3 heteroatoms. The molecule has 0 spiro atoms. The number of hydrogen-bond donors (Lipinski definition) is 2. The Bertz CT molecular complexity index is 390. The summed E-state index contributed by atoms with van der Waals surface area (Å²) in [4.78, 5) is 2.09. The lowest BCUT2D eigenvalue weighted by Crippen LogP contribution is -2.31. The van der Waals surface area contributed by atoms with E-state index in [0.29, 0.717) is 13.1 Å². The van der Waals surface area contributed by atoms with Crippen molar-refractivity contribution in [3.8, 4) is 0 Å². The molecule has 0 aliphatic rings. The van der Waals surface area contributed by atoms with Crippen molar-refractivity contribution in [3.05, 3.63) is 48.1 Å². The van der Waals surface area contributed by atoms with E-state index in [1.54, 1.807) is 0 Å². The maximum Gasteiger partial charge on any atom is 0.0606 e. The van der Waals surface area contributed by atoms with Gasteiger partial charge in [-0.25, -0.2) is 0 Å². The van der Waals surface area contributed by atoms with Gasteiger partial charge in [0.2, 0.25) is 0 Å². The molecule has 0 unspecified atom stereocenters. The van der Waals surface area contributed by atoms with Crippen LogP contribution in [0.1, 0.15) is 18.9 Å². The third kappa shape index (κ3) is 5.73. The van der Waals surface area contributed by atoms with Crippen LogP contribution in [0, 0.1) is 0 Å². The first-order valence-corrected chi connectivity index (χ1v) is 6.75. The Balaban J connectivity index is 2.65. The molecule has 0 saturated carbocycles. The molecule has 3 N–H and O–H groups in total. The average Bonchev–Trinajstić information content (AvgIpc) is 2.44. The third-order valence-electron chi connectivity index (χ3n) is 2.85. The summed E-state index contributed by atoms with van der Waals surface area (Å²) in [6, 6.07) is 8.31. The van der Waals surface area contributed by atoms with Crippen LogP contribution in [0.4, 0.5) is 5.69 Å². The van der Waals surface area contributed by atoms with Gasteiger partial charge in [0.05, 0.1) is 6.61 Å². The number of aliphatic hydroxyl groups is 1. The van der Waals surface area contributed by atoms with Gasteiger partial charge in [-0.2, -0.15) is 0 Å². The van der Waals surface area contributed by atoms with Crippen LogP contribution in [0.25, 0.3) is 6.08 Å². The predicted molar refractivity (Wildman–Crippen MR) is 83.3 cm³/mol. The van der Waals surface area contributed by atoms with E-state index in [0.717, 1.165) is 18.7 Å². The summed E-state index contributed by atoms with van der Waals surface area (Å²) in [5, 5.41) is 9.05. The van der Waals surface area contributed by atoms with Crippen LogP contribution in [-0.4, -0.2) is 31.3 Å². The monoisotopic (exact) mass is 260 g/mol. The van der Waals surface area contributed by atoms with E-state index in [2.05, 4.69) is 47.4 Å². The molecule has 0 fully saturated rings. The molecule has 104 valence electrons. The van der Waals surface area contributed by atoms with Gasteiger partial charge < -0.3 is 15.7 Å². The summed E-state index contributed by atoms with van der Waals surface area (Å²) >= 11 is 0. The zero-order valence-electron chi connectivity index (χ0n) is 11.6. The van der Waals surface area contributed by atoms with E-state index >= 15 is 0 Å². The van der Waals surface area contributed by atoms with E-state index in [4.69, 9.17) is 10.8 Å². The van der Waals surface area contributed by atoms with Crippen LogP contribution < -0.4 is 10.6 Å². The summed E-state index contributed by atoms with van der Waals surface area (Å²) < 4.78 is 0. The topological polar surface area (TPSA) is 49.5 Å². The Morgan fingerprint density at radius 3 is 2.47 bits per heavy atom. The molecule has 0 bridgehead atoms. The molecular weight excluding hydrogens is 236 g/mol. The van der Waals surface area contributed by atoms with E-state index in [-0.39, 0.29) is 6.61 Å². The third-order valence-corrected chi connectivity index (χ3v) is 2.85. The molecule has 1 aromatic rings. The molecule has 0 aromatic heterocycles. The number of aliphatic hydroxyl groups excluding tert-OH is 1. The molecule has 0 heterocycles. The van der Waals surface area contributed by atoms with E-state index in [1.165, 1.54) is 5.56 Å². The summed E-state index contributed by atoms with van der Waals surface area (Å²) in [6.45, 7) is 4.14. The van der Waals surface area contributed by atoms with Gasteiger partial charge in [-0.1, -0.05) is 36.4 Å². The second kappa shape index (κ2) is 9.36. The van der Waals surface area contributed by atoms with Gasteiger partial charge in [0.15, 0.2) is 0 Å². The molecule has 0 aliphatic carbocycles. The number of nitrogens with zero attached hydrogens (tertiary/aromatic N) is 1. The number of hydrogen-bond acceptors (Lipinski definition) is 3. The number of allylic oxidation sites excluding steroid dienone is 3. The highest BCUT2D eigenvalue weighted by Crippen LogP contribution is 2.15. The summed E-state index contributed by atoms with van der Waals surface area (Å²) in [7, 11) is 0. The smallest absolute Gasteiger partial charge is 0.0606 e. The van der Waals surface area contributed by atoms with E-state index in [1.807, 2.05) is 13.0 Å². The highest BCUT2D eigenvalue weighted by molar-refractivity contribution is 5.56. The van der Waals surface area contributed by atoms with Gasteiger partial charge in [-0.05, 0) is 31.0 Å². The number of anilines is 1. The molecule has 0 saturated heterocycles. The molecule has 0 radical (unpaired) electrons. The van der Waals surface area contributed by atoms with Crippen molar-refractivity contribution in [3.63, 3.8) is 0 Å². The number of nitrogens with two attached hydrogens (primary N) is 1. The Morgan fingerprint density at radius 2 is 1.89 bits per heavy atom. The van der Waals surface area contributed by atoms with Gasteiger partial charge in [0, 0.05) is 25.3 Å². The minimum absolute atomic E-state index is 0.144. The fourth-order valence-corrected chi connectivity index (χ4v) is 1.86. The van der Waals surface area contributed by atoms with Crippen LogP contribution in [0.3, 0.4) is 0 Å². The van der Waals surface area contributed by atoms with Crippen molar-refractivity contribution in [1.29, 1.82) is 0 Å². The zero-order valence-corrected chi connectivity index (χ0v) is 11.6. The minimum atomic E-state index is 0.144. The van der Waals surface area contributed by atoms with Crippen molar-refractivity contribution < 1.29 is 5.11 Å². The second-order valence-electron chi connectivity index (χ2n) is 4.30. The van der Waals surface area contributed by atoms with Gasteiger partial charge in [-0.3, -0.25) is 0 Å². The maximum absolute atomic E-state index is 9.05. The molecule has 0 amide bonds. The van der Waals surface area contributed by atoms with Crippen molar-refractivity contribution >= 4 is 11.8 Å². The summed E-state index contributed by atoms with van der Waals surface area (Å²) in [5.41, 5.74) is 7.87. The van der Waals surface area contributed by atoms with Crippen molar-refractivity contribution in [1.82, 2.24) is 0 Å². The quantitative estimate of drug-likeness (QED) is 0.706. The van der Waals surface area contributed by atoms with Gasteiger partial charge in [0.1, 0.15) is 0 Å². The molecule has 0 aliphatic heterocycles. The number of rotatable bonds is 8. The van der Waals surface area contributed by atoms with Crippen LogP contribution in [-0.2, 0) is 0 Å². The molecule has 1 rings (SSSR count). The first-order chi connectivity index (χ1) is 9.31. The summed E-state index contributed by atoms with van der Waals surface area (Å²) in [6.07, 6.45) is 9.38. The summed E-state index contributed by atoms with van der Waals surface area (Å²) in [5.74, 6) is 0. The lowest BCUT2D eigenvalue weighted by Gasteiger charge is -2.23. The van der Waals surface area contributed by atoms with E-state index in [9.17, 15) is 0 Å². The largest absolute Gasteiger partial charge is 0.395 e.